The zero-order valence-corrected chi connectivity index (χ0v) is 14.2. The summed E-state index contributed by atoms with van der Waals surface area (Å²) in [5, 5.41) is 11.1. The summed E-state index contributed by atoms with van der Waals surface area (Å²) in [6, 6.07) is 2.19. The number of alkyl halides is 6. The molecule has 26 heavy (non-hydrogen) atoms. The Kier molecular flexibility index (Phi) is 5.19. The van der Waals surface area contributed by atoms with E-state index in [1.165, 1.54) is 6.07 Å². The highest BCUT2D eigenvalue weighted by molar-refractivity contribution is 7.86. The maximum absolute atomic E-state index is 12.7. The first-order valence-corrected chi connectivity index (χ1v) is 8.03. The predicted molar refractivity (Wildman–Crippen MR) is 80.2 cm³/mol. The van der Waals surface area contributed by atoms with Crippen LogP contribution in [0, 0.1) is 11.3 Å². The van der Waals surface area contributed by atoms with Crippen molar-refractivity contribution in [1.82, 2.24) is 9.78 Å². The standard InChI is InChI=1S/C12H4Cl2F6N4OS/c13-5-1-4(11(15,16)17)2-6(14)8(5)24-10(22)9(7(3-21)23-24)26(25)12(18,19)20/h1-2H,22H2/i3+1,7+1,9+1,10+1,21+1,22+1. The van der Waals surface area contributed by atoms with Crippen LogP contribution >= 0.6 is 23.2 Å². The Morgan fingerprint density at radius 3 is 2.04 bits per heavy atom. The quantitative estimate of drug-likeness (QED) is 0.427. The van der Waals surface area contributed by atoms with Gasteiger partial charge in [-0.2, -0.15) is 36.7 Å². The molecule has 0 saturated carbocycles. The highest BCUT2D eigenvalue weighted by Crippen LogP contribution is 2.40. The Bertz CT molecular complexity index is 924. The van der Waals surface area contributed by atoms with E-state index in [0.717, 1.165) is 0 Å². The fourth-order valence-electron chi connectivity index (χ4n) is 1.89. The van der Waals surface area contributed by atoms with Crippen LogP contribution in [0.3, 0.4) is 0 Å². The van der Waals surface area contributed by atoms with Gasteiger partial charge in [-0.25, -0.2) is 8.89 Å². The van der Waals surface area contributed by atoms with Crippen molar-refractivity contribution in [3.63, 3.8) is 0 Å². The maximum Gasteiger partial charge on any atom is 0.476 e. The van der Waals surface area contributed by atoms with Crippen LogP contribution in [0.1, 0.15) is 11.3 Å². The Balaban J connectivity index is 2.75. The third kappa shape index (κ3) is 3.60. The lowest BCUT2D eigenvalue weighted by molar-refractivity contribution is -0.137. The molecule has 0 spiro atoms. The van der Waals surface area contributed by atoms with Gasteiger partial charge in [0.25, 0.3) is 0 Å². The molecule has 0 aliphatic heterocycles. The van der Waals surface area contributed by atoms with Crippen molar-refractivity contribution in [2.75, 3.05) is 5.73 Å². The van der Waals surface area contributed by atoms with Gasteiger partial charge in [0.1, 0.15) is 22.5 Å². The molecule has 0 fully saturated rings. The number of nitrogen functional groups attached to an aromatic ring is 1. The first-order chi connectivity index (χ1) is 11.8. The lowest BCUT2D eigenvalue weighted by atomic mass is 10.2. The maximum atomic E-state index is 12.7. The van der Waals surface area contributed by atoms with Crippen LogP contribution in [0.4, 0.5) is 32.2 Å². The summed E-state index contributed by atoms with van der Waals surface area (Å²) in [5.41, 5.74) is -2.42. The number of nitriles is 1. The second-order valence-electron chi connectivity index (χ2n) is 4.59. The fourth-order valence-corrected chi connectivity index (χ4v) is 3.31. The summed E-state index contributed by atoms with van der Waals surface area (Å²) in [7, 11) is -3.71. The van der Waals surface area contributed by atoms with Crippen LogP contribution in [0.25, 0.3) is 5.69 Å². The van der Waals surface area contributed by atoms with Crippen LogP contribution in [0.15, 0.2) is 17.0 Å². The predicted octanol–water partition coefficient (Wildman–Crippen LogP) is 4.28. The van der Waals surface area contributed by atoms with E-state index in [-0.39, 0.29) is 0 Å². The van der Waals surface area contributed by atoms with Gasteiger partial charge < -0.3 is 5.73 Å². The smallest absolute Gasteiger partial charge is 0.383 e. The molecule has 1 unspecified atom stereocenters. The number of hydrogen-bond acceptors (Lipinski definition) is 4. The molecule has 2 rings (SSSR count). The average molecular weight is 443 g/mol. The zero-order chi connectivity index (χ0) is 20.0. The van der Waals surface area contributed by atoms with E-state index >= 15 is 0 Å². The minimum atomic E-state index is -5.25. The normalized spacial score (nSPS) is 13.5. The average Bonchev–Trinajstić information content (AvgIpc) is 2.80. The molecule has 1 atom stereocenters. The van der Waals surface area contributed by atoms with Crippen LogP contribution in [0.5, 0.6) is 0 Å². The van der Waals surface area contributed by atoms with Gasteiger partial charge in [0.15, 0.2) is 16.5 Å². The molecule has 0 saturated heterocycles. The SMILES string of the molecule is [15N]#[13C][13c]1nn(-c2c(Cl)cc(C(F)(F)F)cc2Cl)[13c]([15NH2])[13c]1S(=O)C(F)(F)F. The van der Waals surface area contributed by atoms with Crippen molar-refractivity contribution in [3.8, 4) is 11.8 Å². The highest BCUT2D eigenvalue weighted by atomic mass is 35.5. The number of anilines is 1. The van der Waals surface area contributed by atoms with Crippen LogP contribution in [-0.4, -0.2) is 19.5 Å². The molecule has 0 radical (unpaired) electrons. The van der Waals surface area contributed by atoms with E-state index in [9.17, 15) is 30.6 Å². The first-order valence-electron chi connectivity index (χ1n) is 6.12. The zero-order valence-electron chi connectivity index (χ0n) is 11.9. The number of nitrogens with two attached hydrogens (primary N) is 1. The van der Waals surface area contributed by atoms with Crippen molar-refractivity contribution in [1.29, 1.82) is 5.26 Å². The van der Waals surface area contributed by atoms with E-state index in [4.69, 9.17) is 34.2 Å². The van der Waals surface area contributed by atoms with Gasteiger partial charge >= 0.3 is 11.7 Å². The van der Waals surface area contributed by atoms with Crippen LogP contribution < -0.4 is 5.73 Å². The molecule has 0 amide bonds. The van der Waals surface area contributed by atoms with Gasteiger partial charge in [-0.05, 0) is 12.1 Å². The molecule has 0 aliphatic carbocycles. The van der Waals surface area contributed by atoms with Gasteiger partial charge in [-0.1, -0.05) is 23.2 Å². The third-order valence-corrected chi connectivity index (χ3v) is 4.70. The van der Waals surface area contributed by atoms with Gasteiger partial charge in [0, 0.05) is 0 Å². The largest absolute Gasteiger partial charge is 0.476 e. The lowest BCUT2D eigenvalue weighted by Gasteiger charge is -2.13. The fraction of sp³-hybridized carbons (Fsp3) is 0.167. The molecule has 5 nitrogen and oxygen atoms in total. The van der Waals surface area contributed by atoms with Gasteiger partial charge in [-0.15, -0.1) is 0 Å². The Hall–Kier alpha value is -1.97. The molecule has 0 aliphatic rings. The Morgan fingerprint density at radius 2 is 1.65 bits per heavy atom. The number of halogens is 8. The summed E-state index contributed by atoms with van der Waals surface area (Å²) >= 11 is 11.5. The van der Waals surface area contributed by atoms with Gasteiger partial charge in [-0.3, -0.25) is 0 Å². The second kappa shape index (κ2) is 6.64. The van der Waals surface area contributed by atoms with E-state index < -0.39 is 60.2 Å². The summed E-state index contributed by atoms with van der Waals surface area (Å²) in [6.07, 6.45) is -4.79. The molecule has 1 aromatic carbocycles. The molecule has 1 heterocycles. The number of rotatable bonds is 2. The van der Waals surface area contributed by atoms with E-state index in [0.29, 0.717) is 16.8 Å². The molecule has 0 bridgehead atoms. The molecule has 140 valence electrons. The van der Waals surface area contributed by atoms with Crippen molar-refractivity contribution < 1.29 is 30.6 Å². The van der Waals surface area contributed by atoms with Crippen molar-refractivity contribution in [2.45, 2.75) is 16.6 Å². The summed E-state index contributed by atoms with van der Waals surface area (Å²) in [4.78, 5) is -1.15. The second-order valence-corrected chi connectivity index (χ2v) is 6.81. The minimum absolute atomic E-state index is 0.433. The van der Waals surface area contributed by atoms with Gasteiger partial charge in [0.2, 0.25) is 0 Å². The van der Waals surface area contributed by atoms with Gasteiger partial charge in [0.05, 0.1) is 15.6 Å². The number of hydrogen-bond donors (Lipinski definition) is 1. The lowest BCUT2D eigenvalue weighted by Crippen LogP contribution is -2.18. The van der Waals surface area contributed by atoms with Crippen molar-refractivity contribution in [2.24, 2.45) is 0 Å². The molecular formula is C12H4Cl2F6N4OS. The summed E-state index contributed by atoms with van der Waals surface area (Å²) < 4.78 is 88.4. The number of aromatic nitrogens is 2. The molecule has 2 N–H and O–H groups in total. The topological polar surface area (TPSA) is 84.7 Å². The number of benzene rings is 1. The Labute approximate surface area is 153 Å². The monoisotopic (exact) mass is 442 g/mol. The number of nitrogens with zero attached hydrogens (tertiary/aromatic N) is 3. The molecular weight excluding hydrogens is 439 g/mol. The molecule has 1 aromatic heterocycles. The summed E-state index contributed by atoms with van der Waals surface area (Å²) in [5.74, 6) is -0.902. The highest BCUT2D eigenvalue weighted by Gasteiger charge is 2.42. The van der Waals surface area contributed by atoms with E-state index in [2.05, 4.69) is 5.10 Å². The van der Waals surface area contributed by atoms with Crippen LogP contribution in [0.2, 0.25) is 10.0 Å². The van der Waals surface area contributed by atoms with E-state index in [1.54, 1.807) is 0 Å². The first kappa shape index (κ1) is 20.3. The minimum Gasteiger partial charge on any atom is -0.383 e. The van der Waals surface area contributed by atoms with E-state index in [1.807, 2.05) is 0 Å². The molecule has 2 aromatic rings. The molecule has 14 heteroatoms. The Morgan fingerprint density at radius 1 is 1.15 bits per heavy atom. The third-order valence-electron chi connectivity index (χ3n) is 2.93. The van der Waals surface area contributed by atoms with Crippen molar-refractivity contribution in [3.05, 3.63) is 33.4 Å². The summed E-state index contributed by atoms with van der Waals surface area (Å²) in [6.45, 7) is 0. The van der Waals surface area contributed by atoms with Crippen LogP contribution in [-0.2, 0) is 17.0 Å². The van der Waals surface area contributed by atoms with Crippen molar-refractivity contribution >= 4 is 39.8 Å².